The summed E-state index contributed by atoms with van der Waals surface area (Å²) in [5, 5.41) is 14.1. The molecule has 0 spiro atoms. The van der Waals surface area contributed by atoms with E-state index in [9.17, 15) is 0 Å². The minimum atomic E-state index is 0.391. The molecule has 4 N–H and O–H groups in total. The first-order valence-electron chi connectivity index (χ1n) is 8.11. The molecule has 2 aromatic rings. The van der Waals surface area contributed by atoms with Crippen LogP contribution in [0.3, 0.4) is 0 Å². The second-order valence-electron chi connectivity index (χ2n) is 6.11. The van der Waals surface area contributed by atoms with Crippen LogP contribution >= 0.6 is 0 Å². The SMILES string of the molecule is CC(C)C1CNC(Nc2ccccc2)=C(Nc2ccccc2)N1. The highest BCUT2D eigenvalue weighted by molar-refractivity contribution is 5.53. The molecule has 1 unspecified atom stereocenters. The summed E-state index contributed by atoms with van der Waals surface area (Å²) in [6.07, 6.45) is 0. The van der Waals surface area contributed by atoms with Crippen LogP contribution < -0.4 is 21.3 Å². The van der Waals surface area contributed by atoms with Gasteiger partial charge in [0.15, 0.2) is 0 Å². The van der Waals surface area contributed by atoms with Gasteiger partial charge in [0.05, 0.1) is 0 Å². The summed E-state index contributed by atoms with van der Waals surface area (Å²) in [7, 11) is 0. The summed E-state index contributed by atoms with van der Waals surface area (Å²) in [5.74, 6) is 2.50. The molecule has 0 saturated heterocycles. The average Bonchev–Trinajstić information content (AvgIpc) is 2.58. The second kappa shape index (κ2) is 7.09. The fraction of sp³-hybridized carbons (Fsp3) is 0.263. The molecular formula is C19H24N4. The number of rotatable bonds is 5. The number of nitrogens with one attached hydrogen (secondary N) is 4. The van der Waals surface area contributed by atoms with Gasteiger partial charge in [0.1, 0.15) is 11.6 Å². The summed E-state index contributed by atoms with van der Waals surface area (Å²) < 4.78 is 0. The fourth-order valence-electron chi connectivity index (χ4n) is 2.55. The topological polar surface area (TPSA) is 48.1 Å². The van der Waals surface area contributed by atoms with Gasteiger partial charge in [-0.1, -0.05) is 50.2 Å². The summed E-state index contributed by atoms with van der Waals surface area (Å²) >= 11 is 0. The lowest BCUT2D eigenvalue weighted by molar-refractivity contribution is 0.397. The van der Waals surface area contributed by atoms with Gasteiger partial charge in [0.25, 0.3) is 0 Å². The van der Waals surface area contributed by atoms with Crippen molar-refractivity contribution >= 4 is 11.4 Å². The van der Waals surface area contributed by atoms with E-state index in [1.54, 1.807) is 0 Å². The molecular weight excluding hydrogens is 284 g/mol. The van der Waals surface area contributed by atoms with Crippen LogP contribution in [0.15, 0.2) is 72.3 Å². The van der Waals surface area contributed by atoms with Crippen LogP contribution in [-0.2, 0) is 0 Å². The largest absolute Gasteiger partial charge is 0.367 e. The van der Waals surface area contributed by atoms with Crippen LogP contribution in [0.1, 0.15) is 13.8 Å². The fourth-order valence-corrected chi connectivity index (χ4v) is 2.55. The molecule has 4 nitrogen and oxygen atoms in total. The zero-order valence-corrected chi connectivity index (χ0v) is 13.6. The van der Waals surface area contributed by atoms with Gasteiger partial charge in [0.2, 0.25) is 0 Å². The van der Waals surface area contributed by atoms with Crippen molar-refractivity contribution in [2.24, 2.45) is 5.92 Å². The predicted molar refractivity (Wildman–Crippen MR) is 96.9 cm³/mol. The van der Waals surface area contributed by atoms with Gasteiger partial charge in [-0.05, 0) is 30.2 Å². The Morgan fingerprint density at radius 3 is 1.87 bits per heavy atom. The van der Waals surface area contributed by atoms with Crippen LogP contribution in [0.4, 0.5) is 11.4 Å². The minimum Gasteiger partial charge on any atom is -0.367 e. The third kappa shape index (κ3) is 3.97. The Kier molecular flexibility index (Phi) is 4.71. The maximum atomic E-state index is 3.62. The number of anilines is 2. The van der Waals surface area contributed by atoms with Gasteiger partial charge in [0, 0.05) is 24.0 Å². The van der Waals surface area contributed by atoms with E-state index in [0.29, 0.717) is 12.0 Å². The lowest BCUT2D eigenvalue weighted by atomic mass is 10.0. The molecule has 120 valence electrons. The van der Waals surface area contributed by atoms with Gasteiger partial charge in [-0.25, -0.2) is 0 Å². The molecule has 4 heteroatoms. The molecule has 1 heterocycles. The Bertz CT molecular complexity index is 650. The molecule has 0 aliphatic carbocycles. The molecule has 1 aliphatic rings. The van der Waals surface area contributed by atoms with Crippen LogP contribution in [0.2, 0.25) is 0 Å². The number of hydrogen-bond acceptors (Lipinski definition) is 4. The van der Waals surface area contributed by atoms with E-state index in [1.165, 1.54) is 0 Å². The van der Waals surface area contributed by atoms with E-state index in [-0.39, 0.29) is 0 Å². The van der Waals surface area contributed by atoms with E-state index in [4.69, 9.17) is 0 Å². The van der Waals surface area contributed by atoms with Crippen LogP contribution in [0.25, 0.3) is 0 Å². The molecule has 1 aliphatic heterocycles. The van der Waals surface area contributed by atoms with E-state index in [1.807, 2.05) is 36.4 Å². The Labute approximate surface area is 138 Å². The number of hydrogen-bond donors (Lipinski definition) is 4. The third-order valence-corrected chi connectivity index (χ3v) is 3.97. The zero-order chi connectivity index (χ0) is 16.1. The maximum Gasteiger partial charge on any atom is 0.145 e. The van der Waals surface area contributed by atoms with E-state index in [0.717, 1.165) is 29.6 Å². The van der Waals surface area contributed by atoms with E-state index in [2.05, 4.69) is 59.4 Å². The van der Waals surface area contributed by atoms with Gasteiger partial charge in [-0.2, -0.15) is 0 Å². The molecule has 3 rings (SSSR count). The Morgan fingerprint density at radius 2 is 1.35 bits per heavy atom. The quantitative estimate of drug-likeness (QED) is 0.682. The second-order valence-corrected chi connectivity index (χ2v) is 6.11. The summed E-state index contributed by atoms with van der Waals surface area (Å²) in [5.41, 5.74) is 2.13. The average molecular weight is 308 g/mol. The van der Waals surface area contributed by atoms with Crippen molar-refractivity contribution in [2.45, 2.75) is 19.9 Å². The monoisotopic (exact) mass is 308 g/mol. The first-order valence-corrected chi connectivity index (χ1v) is 8.11. The highest BCUT2D eigenvalue weighted by atomic mass is 15.2. The van der Waals surface area contributed by atoms with Crippen molar-refractivity contribution in [1.82, 2.24) is 10.6 Å². The van der Waals surface area contributed by atoms with Crippen molar-refractivity contribution in [2.75, 3.05) is 17.2 Å². The molecule has 2 aromatic carbocycles. The summed E-state index contributed by atoms with van der Waals surface area (Å²) in [6, 6.07) is 20.8. The normalized spacial score (nSPS) is 17.4. The highest BCUT2D eigenvalue weighted by Gasteiger charge is 2.22. The first-order chi connectivity index (χ1) is 11.2. The third-order valence-electron chi connectivity index (χ3n) is 3.97. The zero-order valence-electron chi connectivity index (χ0n) is 13.6. The molecule has 0 radical (unpaired) electrons. The summed E-state index contributed by atoms with van der Waals surface area (Å²) in [6.45, 7) is 5.36. The van der Waals surface area contributed by atoms with E-state index < -0.39 is 0 Å². The van der Waals surface area contributed by atoms with Gasteiger partial charge >= 0.3 is 0 Å². The molecule has 0 saturated carbocycles. The Hall–Kier alpha value is -2.62. The summed E-state index contributed by atoms with van der Waals surface area (Å²) in [4.78, 5) is 0. The highest BCUT2D eigenvalue weighted by Crippen LogP contribution is 2.17. The lowest BCUT2D eigenvalue weighted by Crippen LogP contribution is -2.50. The molecule has 0 bridgehead atoms. The lowest BCUT2D eigenvalue weighted by Gasteiger charge is -2.33. The van der Waals surface area contributed by atoms with Crippen molar-refractivity contribution in [1.29, 1.82) is 0 Å². The first kappa shape index (κ1) is 15.3. The number of para-hydroxylation sites is 2. The van der Waals surface area contributed by atoms with Crippen molar-refractivity contribution in [3.05, 3.63) is 72.3 Å². The minimum absolute atomic E-state index is 0.391. The van der Waals surface area contributed by atoms with Crippen molar-refractivity contribution < 1.29 is 0 Å². The number of benzene rings is 2. The van der Waals surface area contributed by atoms with Crippen LogP contribution in [0, 0.1) is 5.92 Å². The molecule has 23 heavy (non-hydrogen) atoms. The maximum absolute atomic E-state index is 3.62. The van der Waals surface area contributed by atoms with Crippen molar-refractivity contribution in [3.8, 4) is 0 Å². The van der Waals surface area contributed by atoms with Crippen molar-refractivity contribution in [3.63, 3.8) is 0 Å². The Balaban J connectivity index is 1.84. The molecule has 0 aromatic heterocycles. The van der Waals surface area contributed by atoms with Crippen LogP contribution in [0.5, 0.6) is 0 Å². The predicted octanol–water partition coefficient (Wildman–Crippen LogP) is 3.55. The molecule has 1 atom stereocenters. The van der Waals surface area contributed by atoms with Gasteiger partial charge < -0.3 is 21.3 Å². The molecule has 0 fully saturated rings. The van der Waals surface area contributed by atoms with Crippen LogP contribution in [-0.4, -0.2) is 12.6 Å². The molecule has 0 amide bonds. The Morgan fingerprint density at radius 1 is 0.826 bits per heavy atom. The standard InChI is InChI=1S/C19H24N4/c1-14(2)17-13-20-18(21-15-9-5-3-6-10-15)19(23-17)22-16-11-7-4-8-12-16/h3-12,14,17,20-23H,13H2,1-2H3. The van der Waals surface area contributed by atoms with Gasteiger partial charge in [-0.15, -0.1) is 0 Å². The van der Waals surface area contributed by atoms with Gasteiger partial charge in [-0.3, -0.25) is 0 Å². The smallest absolute Gasteiger partial charge is 0.145 e. The van der Waals surface area contributed by atoms with E-state index >= 15 is 0 Å².